The first kappa shape index (κ1) is 22.2. The van der Waals surface area contributed by atoms with Crippen molar-refractivity contribution in [2.24, 2.45) is 5.73 Å². The number of carboxylic acid groups (broad SMARTS) is 1. The zero-order valence-corrected chi connectivity index (χ0v) is 18.6. The number of amides is 2. The minimum absolute atomic E-state index is 0.0129. The second-order valence-corrected chi connectivity index (χ2v) is 8.33. The molecule has 7 heteroatoms. The number of benzene rings is 3. The second-order valence-electron chi connectivity index (χ2n) is 8.33. The van der Waals surface area contributed by atoms with Crippen molar-refractivity contribution < 1.29 is 19.5 Å². The standard InChI is InChI=1S/C28H21N3O4/c29-25(20-14-19-5-1-4-8-24(19)30-15-20)21(13-17-9-11-18(12-10-17)28(34)35)16-31-26(32)22-6-2-3-7-23(22)27(31)33/h1-15,25H,16,29H2,(H,34,35)/b21-13+. The summed E-state index contributed by atoms with van der Waals surface area (Å²) in [5.41, 5.74) is 10.4. The summed E-state index contributed by atoms with van der Waals surface area (Å²) in [6, 6.07) is 22.0. The molecule has 0 saturated carbocycles. The van der Waals surface area contributed by atoms with Crippen LogP contribution >= 0.6 is 0 Å². The maximum Gasteiger partial charge on any atom is 0.335 e. The quantitative estimate of drug-likeness (QED) is 0.412. The van der Waals surface area contributed by atoms with Gasteiger partial charge in [0.2, 0.25) is 0 Å². The van der Waals surface area contributed by atoms with Gasteiger partial charge >= 0.3 is 5.97 Å². The Hall–Kier alpha value is -4.62. The molecule has 3 N–H and O–H groups in total. The van der Waals surface area contributed by atoms with Crippen LogP contribution in [0.3, 0.4) is 0 Å². The summed E-state index contributed by atoms with van der Waals surface area (Å²) in [5, 5.41) is 10.1. The first-order chi connectivity index (χ1) is 16.9. The summed E-state index contributed by atoms with van der Waals surface area (Å²) in [5.74, 6) is -1.77. The minimum atomic E-state index is -1.02. The summed E-state index contributed by atoms with van der Waals surface area (Å²) < 4.78 is 0. The number of carbonyl (C=O) groups excluding carboxylic acids is 2. The second kappa shape index (κ2) is 8.96. The van der Waals surface area contributed by atoms with Gasteiger partial charge in [-0.05, 0) is 53.1 Å². The van der Waals surface area contributed by atoms with Crippen molar-refractivity contribution in [3.05, 3.63) is 118 Å². The third kappa shape index (κ3) is 4.20. The first-order valence-corrected chi connectivity index (χ1v) is 11.0. The molecule has 1 aliphatic heterocycles. The van der Waals surface area contributed by atoms with Crippen molar-refractivity contribution in [1.29, 1.82) is 0 Å². The molecule has 0 radical (unpaired) electrons. The van der Waals surface area contributed by atoms with Crippen molar-refractivity contribution in [2.45, 2.75) is 6.04 Å². The van der Waals surface area contributed by atoms with Gasteiger partial charge in [0.05, 0.1) is 34.8 Å². The molecule has 3 aromatic carbocycles. The average Bonchev–Trinajstić information content (AvgIpc) is 3.12. The van der Waals surface area contributed by atoms with E-state index in [-0.39, 0.29) is 23.9 Å². The van der Waals surface area contributed by atoms with Crippen LogP contribution in [0.15, 0.2) is 90.6 Å². The maximum atomic E-state index is 13.0. The van der Waals surface area contributed by atoms with Crippen LogP contribution in [0.1, 0.15) is 48.2 Å². The van der Waals surface area contributed by atoms with Crippen LogP contribution in [-0.4, -0.2) is 39.3 Å². The number of hydrogen-bond donors (Lipinski definition) is 2. The minimum Gasteiger partial charge on any atom is -0.478 e. The Bertz CT molecular complexity index is 1470. The molecular weight excluding hydrogens is 442 g/mol. The van der Waals surface area contributed by atoms with E-state index in [4.69, 9.17) is 5.73 Å². The monoisotopic (exact) mass is 463 g/mol. The fourth-order valence-electron chi connectivity index (χ4n) is 4.21. The number of aromatic carboxylic acids is 1. The van der Waals surface area contributed by atoms with Crippen LogP contribution < -0.4 is 5.73 Å². The van der Waals surface area contributed by atoms with Crippen LogP contribution in [0.2, 0.25) is 0 Å². The lowest BCUT2D eigenvalue weighted by Gasteiger charge is -2.22. The van der Waals surface area contributed by atoms with Gasteiger partial charge in [0.15, 0.2) is 0 Å². The topological polar surface area (TPSA) is 114 Å². The normalized spacial score (nSPS) is 14.3. The average molecular weight is 463 g/mol. The smallest absolute Gasteiger partial charge is 0.335 e. The van der Waals surface area contributed by atoms with Gasteiger partial charge in [-0.1, -0.05) is 48.5 Å². The van der Waals surface area contributed by atoms with Crippen molar-refractivity contribution in [1.82, 2.24) is 9.88 Å². The molecule has 4 aromatic rings. The van der Waals surface area contributed by atoms with Gasteiger partial charge in [-0.3, -0.25) is 19.5 Å². The highest BCUT2D eigenvalue weighted by Crippen LogP contribution is 2.29. The lowest BCUT2D eigenvalue weighted by Crippen LogP contribution is -2.34. The molecule has 35 heavy (non-hydrogen) atoms. The van der Waals surface area contributed by atoms with Gasteiger partial charge in [0.1, 0.15) is 0 Å². The fraction of sp³-hybridized carbons (Fsp3) is 0.0714. The molecular formula is C28H21N3O4. The van der Waals surface area contributed by atoms with Gasteiger partial charge in [0.25, 0.3) is 11.8 Å². The molecule has 5 rings (SSSR count). The zero-order valence-electron chi connectivity index (χ0n) is 18.6. The lowest BCUT2D eigenvalue weighted by atomic mass is 9.96. The number of nitrogens with two attached hydrogens (primary N) is 1. The molecule has 1 unspecified atom stereocenters. The number of aromatic nitrogens is 1. The van der Waals surface area contributed by atoms with Crippen molar-refractivity contribution >= 4 is 34.8 Å². The Kier molecular flexibility index (Phi) is 5.68. The molecule has 1 atom stereocenters. The number of carboxylic acids is 1. The fourth-order valence-corrected chi connectivity index (χ4v) is 4.21. The molecule has 0 spiro atoms. The Labute approximate surface area is 201 Å². The highest BCUT2D eigenvalue weighted by molar-refractivity contribution is 6.21. The summed E-state index contributed by atoms with van der Waals surface area (Å²) in [6.07, 6.45) is 3.48. The van der Waals surface area contributed by atoms with E-state index in [0.717, 1.165) is 16.5 Å². The van der Waals surface area contributed by atoms with E-state index < -0.39 is 12.0 Å². The molecule has 7 nitrogen and oxygen atoms in total. The molecule has 1 aliphatic rings. The molecule has 0 saturated heterocycles. The molecule has 172 valence electrons. The van der Waals surface area contributed by atoms with E-state index in [1.54, 1.807) is 48.7 Å². The van der Waals surface area contributed by atoms with Gasteiger partial charge in [-0.25, -0.2) is 4.79 Å². The van der Waals surface area contributed by atoms with E-state index in [1.165, 1.54) is 17.0 Å². The number of carbonyl (C=O) groups is 3. The van der Waals surface area contributed by atoms with Crippen molar-refractivity contribution in [3.63, 3.8) is 0 Å². The van der Waals surface area contributed by atoms with Crippen LogP contribution in [0, 0.1) is 0 Å². The van der Waals surface area contributed by atoms with Crippen LogP contribution in [-0.2, 0) is 0 Å². The zero-order chi connectivity index (χ0) is 24.5. The Morgan fingerprint density at radius 2 is 1.57 bits per heavy atom. The third-order valence-electron chi connectivity index (χ3n) is 6.10. The summed E-state index contributed by atoms with van der Waals surface area (Å²) in [6.45, 7) is -0.0129. The van der Waals surface area contributed by atoms with Crippen LogP contribution in [0.5, 0.6) is 0 Å². The highest BCUT2D eigenvalue weighted by atomic mass is 16.4. The van der Waals surface area contributed by atoms with E-state index in [1.807, 2.05) is 30.3 Å². The maximum absolute atomic E-state index is 13.0. The predicted octanol–water partition coefficient (Wildman–Crippen LogP) is 4.31. The number of nitrogens with zero attached hydrogens (tertiary/aromatic N) is 2. The lowest BCUT2D eigenvalue weighted by molar-refractivity contribution is 0.0662. The van der Waals surface area contributed by atoms with Gasteiger partial charge in [-0.2, -0.15) is 0 Å². The van der Waals surface area contributed by atoms with E-state index in [9.17, 15) is 19.5 Å². The molecule has 0 bridgehead atoms. The first-order valence-electron chi connectivity index (χ1n) is 11.0. The summed E-state index contributed by atoms with van der Waals surface area (Å²) in [4.78, 5) is 42.9. The largest absolute Gasteiger partial charge is 0.478 e. The van der Waals surface area contributed by atoms with Gasteiger partial charge in [-0.15, -0.1) is 0 Å². The van der Waals surface area contributed by atoms with Crippen LogP contribution in [0.25, 0.3) is 17.0 Å². The van der Waals surface area contributed by atoms with Gasteiger partial charge < -0.3 is 10.8 Å². The Balaban J connectivity index is 1.54. The number of pyridine rings is 1. The van der Waals surface area contributed by atoms with E-state index in [2.05, 4.69) is 4.98 Å². The van der Waals surface area contributed by atoms with Crippen molar-refractivity contribution in [3.8, 4) is 0 Å². The molecule has 1 aromatic heterocycles. The van der Waals surface area contributed by atoms with Crippen LogP contribution in [0.4, 0.5) is 0 Å². The summed E-state index contributed by atoms with van der Waals surface area (Å²) in [7, 11) is 0. The molecule has 2 amide bonds. The Morgan fingerprint density at radius 3 is 2.23 bits per heavy atom. The highest BCUT2D eigenvalue weighted by Gasteiger charge is 2.36. The number of rotatable bonds is 6. The molecule has 2 heterocycles. The number of hydrogen-bond acceptors (Lipinski definition) is 5. The predicted molar refractivity (Wildman–Crippen MR) is 132 cm³/mol. The number of para-hydroxylation sites is 1. The Morgan fingerprint density at radius 1 is 0.943 bits per heavy atom. The third-order valence-corrected chi connectivity index (χ3v) is 6.10. The van der Waals surface area contributed by atoms with Crippen molar-refractivity contribution in [2.75, 3.05) is 6.54 Å². The SMILES string of the molecule is NC(/C(=C/c1ccc(C(=O)O)cc1)CN1C(=O)c2ccccc2C1=O)c1cnc2ccccc2c1. The summed E-state index contributed by atoms with van der Waals surface area (Å²) >= 11 is 0. The van der Waals surface area contributed by atoms with E-state index >= 15 is 0 Å². The van der Waals surface area contributed by atoms with E-state index in [0.29, 0.717) is 22.3 Å². The number of fused-ring (bicyclic) bond motifs is 2. The van der Waals surface area contributed by atoms with Gasteiger partial charge in [0, 0.05) is 11.6 Å². The molecule has 0 aliphatic carbocycles. The number of imide groups is 1. The molecule has 0 fully saturated rings.